The molecule has 2 aliphatic rings. The summed E-state index contributed by atoms with van der Waals surface area (Å²) in [5, 5.41) is 9.74. The quantitative estimate of drug-likeness (QED) is 0.214. The number of aliphatic imine (C=N–C) groups is 1. The van der Waals surface area contributed by atoms with E-state index in [4.69, 9.17) is 16.6 Å². The van der Waals surface area contributed by atoms with Crippen LogP contribution in [-0.4, -0.2) is 41.2 Å². The minimum atomic E-state index is -0.700. The lowest BCUT2D eigenvalue weighted by Gasteiger charge is -2.38. The molecule has 1 aromatic heterocycles. The molecule has 7 nitrogen and oxygen atoms in total. The molecule has 6 rings (SSSR count). The molecule has 1 aliphatic heterocycles. The van der Waals surface area contributed by atoms with Crippen molar-refractivity contribution in [2.75, 3.05) is 19.4 Å². The molecular weight excluding hydrogens is 582 g/mol. The van der Waals surface area contributed by atoms with E-state index in [1.165, 1.54) is 23.8 Å². The molecule has 0 unspecified atom stereocenters. The number of fused-ring (bicyclic) bond motifs is 3. The molecule has 0 atom stereocenters. The second kappa shape index (κ2) is 12.8. The highest BCUT2D eigenvalue weighted by Gasteiger charge is 2.40. The van der Waals surface area contributed by atoms with Crippen LogP contribution in [0.1, 0.15) is 61.3 Å². The lowest BCUT2D eigenvalue weighted by molar-refractivity contribution is -0.128. The molecule has 3 aromatic carbocycles. The summed E-state index contributed by atoms with van der Waals surface area (Å²) in [5.74, 6) is -0.598. The van der Waals surface area contributed by atoms with Crippen molar-refractivity contribution in [3.05, 3.63) is 106 Å². The molecule has 4 aromatic rings. The molecular formula is C34H35ClF2N6O. The van der Waals surface area contributed by atoms with E-state index in [2.05, 4.69) is 38.1 Å². The highest BCUT2D eigenvalue weighted by Crippen LogP contribution is 2.39. The van der Waals surface area contributed by atoms with Crippen molar-refractivity contribution in [2.45, 2.75) is 51.1 Å². The van der Waals surface area contributed by atoms with Crippen LogP contribution in [0.3, 0.4) is 0 Å². The fourth-order valence-corrected chi connectivity index (χ4v) is 6.34. The van der Waals surface area contributed by atoms with E-state index in [0.717, 1.165) is 36.9 Å². The van der Waals surface area contributed by atoms with E-state index < -0.39 is 17.2 Å². The van der Waals surface area contributed by atoms with Crippen molar-refractivity contribution < 1.29 is 13.6 Å². The Hall–Kier alpha value is -4.21. The Balaban J connectivity index is 0.00000384. The smallest absolute Gasteiger partial charge is 0.240 e. The predicted octanol–water partition coefficient (Wildman–Crippen LogP) is 7.17. The molecule has 0 radical (unpaired) electrons. The zero-order valence-electron chi connectivity index (χ0n) is 23.8. The number of aromatic nitrogens is 2. The van der Waals surface area contributed by atoms with Crippen LogP contribution >= 0.6 is 11.6 Å². The van der Waals surface area contributed by atoms with Gasteiger partial charge in [-0.25, -0.2) is 18.7 Å². The summed E-state index contributed by atoms with van der Waals surface area (Å²) in [6, 6.07) is 17.1. The summed E-state index contributed by atoms with van der Waals surface area (Å²) < 4.78 is 29.7. The van der Waals surface area contributed by atoms with Crippen LogP contribution in [0.5, 0.6) is 0 Å². The molecule has 1 aliphatic carbocycles. The van der Waals surface area contributed by atoms with Gasteiger partial charge in [-0.05, 0) is 80.6 Å². The molecule has 44 heavy (non-hydrogen) atoms. The number of hydrogen-bond donors (Lipinski definition) is 3. The summed E-state index contributed by atoms with van der Waals surface area (Å²) in [6.45, 7) is 0.149. The summed E-state index contributed by atoms with van der Waals surface area (Å²) in [5.41, 5.74) is 4.02. The van der Waals surface area contributed by atoms with Crippen molar-refractivity contribution >= 4 is 34.9 Å². The average Bonchev–Trinajstić information content (AvgIpc) is 3.17. The second-order valence-corrected chi connectivity index (χ2v) is 11.4. The number of carbonyl (C=O) groups is 1. The normalized spacial score (nSPS) is 19.0. The number of anilines is 2. The zero-order valence-corrected chi connectivity index (χ0v) is 24.6. The zero-order chi connectivity index (χ0) is 30.1. The van der Waals surface area contributed by atoms with Gasteiger partial charge >= 0.3 is 0 Å². The van der Waals surface area contributed by atoms with E-state index >= 15 is 0 Å². The maximum absolute atomic E-state index is 14.8. The first-order chi connectivity index (χ1) is 20.8. The Morgan fingerprint density at radius 1 is 0.977 bits per heavy atom. The minimum Gasteiger partial charge on any atom is -0.358 e. The largest absolute Gasteiger partial charge is 0.358 e. The second-order valence-electron chi connectivity index (χ2n) is 11.0. The summed E-state index contributed by atoms with van der Waals surface area (Å²) in [4.78, 5) is 26.3. The van der Waals surface area contributed by atoms with Gasteiger partial charge < -0.3 is 16.0 Å². The molecule has 3 N–H and O–H groups in total. The number of rotatable bonds is 6. The van der Waals surface area contributed by atoms with Crippen molar-refractivity contribution in [3.8, 4) is 11.3 Å². The minimum absolute atomic E-state index is 0. The van der Waals surface area contributed by atoms with Gasteiger partial charge in [0, 0.05) is 40.6 Å². The number of hydrogen-bond acceptors (Lipinski definition) is 6. The lowest BCUT2D eigenvalue weighted by atomic mass is 9.73. The van der Waals surface area contributed by atoms with E-state index in [1.54, 1.807) is 31.4 Å². The van der Waals surface area contributed by atoms with Gasteiger partial charge in [-0.2, -0.15) is 0 Å². The maximum Gasteiger partial charge on any atom is 0.240 e. The topological polar surface area (TPSA) is 91.3 Å². The highest BCUT2D eigenvalue weighted by atomic mass is 35.5. The van der Waals surface area contributed by atoms with Crippen molar-refractivity contribution in [1.82, 2.24) is 20.6 Å². The molecule has 0 bridgehead atoms. The Kier molecular flexibility index (Phi) is 9.08. The van der Waals surface area contributed by atoms with E-state index in [1.807, 2.05) is 19.2 Å². The van der Waals surface area contributed by atoms with Gasteiger partial charge in [0.15, 0.2) is 0 Å². The molecule has 1 fully saturated rings. The third kappa shape index (κ3) is 5.81. The fraction of sp³-hybridized carbons (Fsp3) is 0.294. The maximum atomic E-state index is 14.8. The number of halogens is 3. The van der Waals surface area contributed by atoms with Crippen molar-refractivity contribution in [3.63, 3.8) is 0 Å². The first kappa shape index (κ1) is 31.2. The van der Waals surface area contributed by atoms with Gasteiger partial charge in [0.25, 0.3) is 0 Å². The van der Waals surface area contributed by atoms with Gasteiger partial charge in [-0.15, -0.1) is 0 Å². The summed E-state index contributed by atoms with van der Waals surface area (Å²) >= 11 is 6.33. The molecule has 2 heterocycles. The van der Waals surface area contributed by atoms with E-state index in [0.29, 0.717) is 33.7 Å². The molecule has 0 saturated heterocycles. The van der Waals surface area contributed by atoms with Crippen LogP contribution in [0.4, 0.5) is 20.4 Å². The third-order valence-electron chi connectivity index (χ3n) is 8.58. The average molecular weight is 617 g/mol. The van der Waals surface area contributed by atoms with Crippen LogP contribution in [0.25, 0.3) is 11.3 Å². The molecule has 1 amide bonds. The number of carbonyl (C=O) groups excluding carboxylic acids is 1. The van der Waals surface area contributed by atoms with Gasteiger partial charge in [-0.1, -0.05) is 43.3 Å². The Labute approximate surface area is 261 Å². The van der Waals surface area contributed by atoms with Crippen LogP contribution in [-0.2, 0) is 11.3 Å². The molecule has 1 saturated carbocycles. The summed E-state index contributed by atoms with van der Waals surface area (Å²) in [7, 11) is 3.53. The lowest BCUT2D eigenvalue weighted by Crippen LogP contribution is -2.56. The number of nitrogens with one attached hydrogen (secondary N) is 3. The monoisotopic (exact) mass is 616 g/mol. The number of benzene rings is 3. The van der Waals surface area contributed by atoms with E-state index in [-0.39, 0.29) is 31.2 Å². The highest BCUT2D eigenvalue weighted by molar-refractivity contribution is 6.31. The predicted molar refractivity (Wildman–Crippen MR) is 172 cm³/mol. The van der Waals surface area contributed by atoms with Crippen LogP contribution in [0.2, 0.25) is 5.02 Å². The fourth-order valence-electron chi connectivity index (χ4n) is 6.16. The Morgan fingerprint density at radius 2 is 1.68 bits per heavy atom. The third-order valence-corrected chi connectivity index (χ3v) is 8.82. The van der Waals surface area contributed by atoms with Crippen LogP contribution in [0, 0.1) is 11.6 Å². The van der Waals surface area contributed by atoms with Crippen LogP contribution in [0.15, 0.2) is 71.9 Å². The molecule has 10 heteroatoms. The van der Waals surface area contributed by atoms with Gasteiger partial charge in [-0.3, -0.25) is 9.79 Å². The number of nitrogens with zero attached hydrogens (tertiary/aromatic N) is 3. The molecule has 228 valence electrons. The number of likely N-dealkylation sites (N-methyl/N-ethyl adjacent to an activating group) is 2. The Bertz CT molecular complexity index is 1700. The van der Waals surface area contributed by atoms with Crippen molar-refractivity contribution in [1.29, 1.82) is 0 Å². The van der Waals surface area contributed by atoms with E-state index in [9.17, 15) is 13.6 Å². The SMILES string of the molecule is C.CNC(=O)C1(NC)CCC(c2ccc(Nc3ncc4c(n3)-c3ccc(Cl)cc3C(c3c(F)cccc3F)=NC4)cc2)CC1. The summed E-state index contributed by atoms with van der Waals surface area (Å²) in [6.07, 6.45) is 5.07. The van der Waals surface area contributed by atoms with Crippen LogP contribution < -0.4 is 16.0 Å². The standard InChI is InChI=1S/C33H31ClF2N6O.CH4/c1-37-31(43)33(38-2)14-12-20(13-15-33)19-6-9-23(10-7-19)41-32-40-18-21-17-39-30(28-26(35)4-3-5-27(28)36)25-16-22(34)8-11-24(25)29(21)42-32;/h3-11,16,18,20,38H,12-15,17H2,1-2H3,(H,37,43)(H,40,41,42);1H4. The van der Waals surface area contributed by atoms with Gasteiger partial charge in [0.2, 0.25) is 11.9 Å². The van der Waals surface area contributed by atoms with Crippen molar-refractivity contribution in [2.24, 2.45) is 4.99 Å². The number of amides is 1. The Morgan fingerprint density at radius 3 is 2.34 bits per heavy atom. The van der Waals surface area contributed by atoms with Gasteiger partial charge in [0.05, 0.1) is 29.1 Å². The first-order valence-corrected chi connectivity index (χ1v) is 14.6. The van der Waals surface area contributed by atoms with Gasteiger partial charge in [0.1, 0.15) is 11.6 Å². The molecule has 0 spiro atoms. The first-order valence-electron chi connectivity index (χ1n) is 14.2.